The normalized spacial score (nSPS) is 17.1. The number of aromatic nitrogens is 4. The Kier molecular flexibility index (Phi) is 3.87. The van der Waals surface area contributed by atoms with Gasteiger partial charge in [0, 0.05) is 5.69 Å². The van der Waals surface area contributed by atoms with Crippen molar-refractivity contribution in [3.8, 4) is 11.4 Å². The van der Waals surface area contributed by atoms with Crippen LogP contribution in [-0.4, -0.2) is 20.2 Å². The van der Waals surface area contributed by atoms with Crippen LogP contribution in [0.4, 0.5) is 5.69 Å². The molecule has 0 radical (unpaired) electrons. The van der Waals surface area contributed by atoms with E-state index in [9.17, 15) is 0 Å². The predicted molar refractivity (Wildman–Crippen MR) is 79.4 cm³/mol. The second-order valence-corrected chi connectivity index (χ2v) is 5.70. The molecule has 20 heavy (non-hydrogen) atoms. The molecule has 1 aromatic heterocycles. The molecule has 0 atom stereocenters. The molecule has 3 rings (SSSR count). The monoisotopic (exact) mass is 291 g/mol. The maximum atomic E-state index is 6.28. The number of benzene rings is 1. The summed E-state index contributed by atoms with van der Waals surface area (Å²) in [5.74, 6) is 0.681. The minimum Gasteiger partial charge on any atom is -0.398 e. The molecule has 1 aromatic carbocycles. The van der Waals surface area contributed by atoms with Gasteiger partial charge < -0.3 is 5.73 Å². The fourth-order valence-corrected chi connectivity index (χ4v) is 3.15. The third-order valence-corrected chi connectivity index (χ3v) is 4.25. The van der Waals surface area contributed by atoms with E-state index in [0.29, 0.717) is 22.6 Å². The van der Waals surface area contributed by atoms with Crippen LogP contribution in [0.5, 0.6) is 0 Å². The molecule has 0 bridgehead atoms. The molecular weight excluding hydrogens is 274 g/mol. The van der Waals surface area contributed by atoms with Gasteiger partial charge in [-0.2, -0.15) is 0 Å². The molecule has 1 fully saturated rings. The lowest BCUT2D eigenvalue weighted by molar-refractivity contribution is 0.400. The third-order valence-electron chi connectivity index (χ3n) is 3.93. The van der Waals surface area contributed by atoms with Crippen molar-refractivity contribution < 1.29 is 0 Å². The number of nitrogens with two attached hydrogens (primary N) is 1. The summed E-state index contributed by atoms with van der Waals surface area (Å²) in [4.78, 5) is 0. The SMILES string of the molecule is Nc1cccc(Cl)c1-c1nnnn1C1CCCCCC1. The molecule has 0 saturated heterocycles. The Balaban J connectivity index is 2.01. The molecule has 106 valence electrons. The van der Waals surface area contributed by atoms with Gasteiger partial charge in [-0.1, -0.05) is 43.4 Å². The number of hydrogen-bond donors (Lipinski definition) is 1. The van der Waals surface area contributed by atoms with Crippen LogP contribution in [0.3, 0.4) is 0 Å². The van der Waals surface area contributed by atoms with Crippen molar-refractivity contribution in [1.29, 1.82) is 0 Å². The summed E-state index contributed by atoms with van der Waals surface area (Å²) in [5, 5.41) is 12.8. The maximum Gasteiger partial charge on any atom is 0.185 e. The first-order valence-corrected chi connectivity index (χ1v) is 7.47. The van der Waals surface area contributed by atoms with E-state index in [4.69, 9.17) is 17.3 Å². The number of nitrogens with zero attached hydrogens (tertiary/aromatic N) is 4. The minimum atomic E-state index is 0.346. The first-order valence-electron chi connectivity index (χ1n) is 7.09. The summed E-state index contributed by atoms with van der Waals surface area (Å²) in [5.41, 5.74) is 7.40. The summed E-state index contributed by atoms with van der Waals surface area (Å²) >= 11 is 6.28. The largest absolute Gasteiger partial charge is 0.398 e. The van der Waals surface area contributed by atoms with Crippen LogP contribution >= 0.6 is 11.6 Å². The number of hydrogen-bond acceptors (Lipinski definition) is 4. The van der Waals surface area contributed by atoms with Gasteiger partial charge in [-0.25, -0.2) is 4.68 Å². The van der Waals surface area contributed by atoms with Crippen molar-refractivity contribution in [3.05, 3.63) is 23.2 Å². The predicted octanol–water partition coefficient (Wildman–Crippen LogP) is 3.47. The average molecular weight is 292 g/mol. The summed E-state index contributed by atoms with van der Waals surface area (Å²) in [6, 6.07) is 5.83. The quantitative estimate of drug-likeness (QED) is 0.679. The van der Waals surface area contributed by atoms with E-state index < -0.39 is 0 Å². The van der Waals surface area contributed by atoms with Crippen molar-refractivity contribution >= 4 is 17.3 Å². The van der Waals surface area contributed by atoms with Crippen LogP contribution in [0.2, 0.25) is 5.02 Å². The van der Waals surface area contributed by atoms with Crippen LogP contribution in [0.1, 0.15) is 44.6 Å². The van der Waals surface area contributed by atoms with E-state index in [1.54, 1.807) is 0 Å². The van der Waals surface area contributed by atoms with Gasteiger partial charge in [-0.05, 0) is 35.4 Å². The second kappa shape index (κ2) is 5.79. The maximum absolute atomic E-state index is 6.28. The van der Waals surface area contributed by atoms with Crippen LogP contribution in [0.15, 0.2) is 18.2 Å². The highest BCUT2D eigenvalue weighted by molar-refractivity contribution is 6.33. The van der Waals surface area contributed by atoms with Crippen molar-refractivity contribution in [2.75, 3.05) is 5.73 Å². The van der Waals surface area contributed by atoms with Gasteiger partial charge in [0.2, 0.25) is 0 Å². The Bertz CT molecular complexity index is 567. The molecule has 0 aliphatic heterocycles. The molecule has 0 amide bonds. The van der Waals surface area contributed by atoms with Crippen LogP contribution in [0, 0.1) is 0 Å². The number of rotatable bonds is 2. The van der Waals surface area contributed by atoms with Crippen LogP contribution < -0.4 is 5.73 Å². The highest BCUT2D eigenvalue weighted by atomic mass is 35.5. The van der Waals surface area contributed by atoms with Gasteiger partial charge in [0.15, 0.2) is 5.82 Å². The van der Waals surface area contributed by atoms with Crippen LogP contribution in [0.25, 0.3) is 11.4 Å². The lowest BCUT2D eigenvalue weighted by Gasteiger charge is -2.16. The summed E-state index contributed by atoms with van der Waals surface area (Å²) < 4.78 is 1.91. The zero-order valence-corrected chi connectivity index (χ0v) is 12.1. The third kappa shape index (κ3) is 2.50. The summed E-state index contributed by atoms with van der Waals surface area (Å²) in [6.07, 6.45) is 7.26. The fourth-order valence-electron chi connectivity index (χ4n) is 2.88. The van der Waals surface area contributed by atoms with Gasteiger partial charge in [0.05, 0.1) is 16.6 Å². The van der Waals surface area contributed by atoms with Crippen molar-refractivity contribution in [1.82, 2.24) is 20.2 Å². The lowest BCUT2D eigenvalue weighted by Crippen LogP contribution is -2.12. The molecular formula is C14H18ClN5. The topological polar surface area (TPSA) is 69.6 Å². The number of anilines is 1. The summed E-state index contributed by atoms with van der Waals surface area (Å²) in [7, 11) is 0. The van der Waals surface area contributed by atoms with Gasteiger partial charge in [-0.3, -0.25) is 0 Å². The van der Waals surface area contributed by atoms with Crippen molar-refractivity contribution in [3.63, 3.8) is 0 Å². The smallest absolute Gasteiger partial charge is 0.185 e. The summed E-state index contributed by atoms with van der Waals surface area (Å²) in [6.45, 7) is 0. The standard InChI is InChI=1S/C14H18ClN5/c15-11-8-5-9-12(16)13(11)14-17-18-19-20(14)10-6-3-1-2-4-7-10/h5,8-10H,1-4,6-7,16H2. The van der Waals surface area contributed by atoms with Gasteiger partial charge >= 0.3 is 0 Å². The second-order valence-electron chi connectivity index (χ2n) is 5.30. The molecule has 0 spiro atoms. The van der Waals surface area contributed by atoms with E-state index in [-0.39, 0.29) is 0 Å². The zero-order chi connectivity index (χ0) is 13.9. The number of halogens is 1. The Morgan fingerprint density at radius 2 is 1.90 bits per heavy atom. The Labute approximate surface area is 123 Å². The fraction of sp³-hybridized carbons (Fsp3) is 0.500. The number of nitrogen functional groups attached to an aromatic ring is 1. The molecule has 1 aliphatic carbocycles. The molecule has 1 heterocycles. The first kappa shape index (κ1) is 13.4. The highest BCUT2D eigenvalue weighted by Crippen LogP contribution is 2.35. The minimum absolute atomic E-state index is 0.346. The molecule has 0 unspecified atom stereocenters. The van der Waals surface area contributed by atoms with Gasteiger partial charge in [0.25, 0.3) is 0 Å². The zero-order valence-electron chi connectivity index (χ0n) is 11.3. The molecule has 1 aliphatic rings. The Hall–Kier alpha value is -1.62. The molecule has 5 nitrogen and oxygen atoms in total. The number of tetrazole rings is 1. The Morgan fingerprint density at radius 1 is 1.15 bits per heavy atom. The molecule has 2 N–H and O–H groups in total. The highest BCUT2D eigenvalue weighted by Gasteiger charge is 2.22. The molecule has 1 saturated carbocycles. The van der Waals surface area contributed by atoms with E-state index in [0.717, 1.165) is 18.4 Å². The molecule has 6 heteroatoms. The lowest BCUT2D eigenvalue weighted by atomic mass is 10.1. The van der Waals surface area contributed by atoms with Crippen LogP contribution in [-0.2, 0) is 0 Å². The van der Waals surface area contributed by atoms with E-state index >= 15 is 0 Å². The van der Waals surface area contributed by atoms with E-state index in [2.05, 4.69) is 15.5 Å². The van der Waals surface area contributed by atoms with Crippen molar-refractivity contribution in [2.45, 2.75) is 44.6 Å². The van der Waals surface area contributed by atoms with E-state index in [1.165, 1.54) is 25.7 Å². The van der Waals surface area contributed by atoms with E-state index in [1.807, 2.05) is 22.9 Å². The molecule has 2 aromatic rings. The van der Waals surface area contributed by atoms with Gasteiger partial charge in [0.1, 0.15) is 0 Å². The first-order chi connectivity index (χ1) is 9.77. The Morgan fingerprint density at radius 3 is 2.60 bits per heavy atom. The van der Waals surface area contributed by atoms with Crippen molar-refractivity contribution in [2.24, 2.45) is 0 Å². The average Bonchev–Trinajstić information content (AvgIpc) is 2.73. The van der Waals surface area contributed by atoms with Gasteiger partial charge in [-0.15, -0.1) is 5.10 Å².